The lowest BCUT2D eigenvalue weighted by atomic mass is 9.86. The lowest BCUT2D eigenvalue weighted by Crippen LogP contribution is -2.20. The Bertz CT molecular complexity index is 334. The zero-order valence-electron chi connectivity index (χ0n) is 9.38. The van der Waals surface area contributed by atoms with Gasteiger partial charge in [0.25, 0.3) is 0 Å². The number of rotatable bonds is 4. The van der Waals surface area contributed by atoms with Crippen molar-refractivity contribution in [2.75, 3.05) is 13.7 Å². The molecule has 84 valence electrons. The van der Waals surface area contributed by atoms with Crippen LogP contribution in [0.1, 0.15) is 19.4 Å². The summed E-state index contributed by atoms with van der Waals surface area (Å²) in [5.74, 6) is 0.820. The Hall–Kier alpha value is -0.730. The summed E-state index contributed by atoms with van der Waals surface area (Å²) in [7, 11) is 1.64. The fourth-order valence-electron chi connectivity index (χ4n) is 1.46. The van der Waals surface area contributed by atoms with Gasteiger partial charge in [-0.1, -0.05) is 25.4 Å². The average Bonchev–Trinajstić information content (AvgIpc) is 2.18. The van der Waals surface area contributed by atoms with E-state index < -0.39 is 0 Å². The highest BCUT2D eigenvalue weighted by Gasteiger charge is 2.19. The monoisotopic (exact) mass is 228 g/mol. The topological polar surface area (TPSA) is 29.5 Å². The number of hydrogen-bond acceptors (Lipinski definition) is 2. The van der Waals surface area contributed by atoms with Crippen molar-refractivity contribution in [2.24, 2.45) is 5.41 Å². The predicted octanol–water partition coefficient (Wildman–Crippen LogP) is 2.91. The van der Waals surface area contributed by atoms with Gasteiger partial charge in [0, 0.05) is 11.6 Å². The molecule has 1 rings (SSSR count). The molecule has 0 aromatic heterocycles. The third-order valence-corrected chi connectivity index (χ3v) is 2.57. The van der Waals surface area contributed by atoms with Crippen LogP contribution in [0.25, 0.3) is 0 Å². The van der Waals surface area contributed by atoms with Gasteiger partial charge in [0.05, 0.1) is 7.11 Å². The molecule has 0 unspecified atom stereocenters. The standard InChI is InChI=1S/C12H17ClO2/c1-12(2,8-14)7-9-6-10(13)4-5-11(9)15-3/h4-6,14H,7-8H2,1-3H3. The van der Waals surface area contributed by atoms with Crippen LogP contribution >= 0.6 is 11.6 Å². The fraction of sp³-hybridized carbons (Fsp3) is 0.500. The maximum atomic E-state index is 9.21. The van der Waals surface area contributed by atoms with E-state index in [0.29, 0.717) is 5.02 Å². The highest BCUT2D eigenvalue weighted by molar-refractivity contribution is 6.30. The van der Waals surface area contributed by atoms with Crippen molar-refractivity contribution in [3.63, 3.8) is 0 Å². The van der Waals surface area contributed by atoms with Gasteiger partial charge in [-0.2, -0.15) is 0 Å². The predicted molar refractivity (Wildman–Crippen MR) is 62.6 cm³/mol. The first-order valence-electron chi connectivity index (χ1n) is 4.92. The summed E-state index contributed by atoms with van der Waals surface area (Å²) in [6, 6.07) is 5.54. The van der Waals surface area contributed by atoms with Gasteiger partial charge < -0.3 is 9.84 Å². The maximum absolute atomic E-state index is 9.21. The number of halogens is 1. The van der Waals surface area contributed by atoms with Crippen molar-refractivity contribution >= 4 is 11.6 Å². The van der Waals surface area contributed by atoms with Crippen LogP contribution in [0.5, 0.6) is 5.75 Å². The first kappa shape index (κ1) is 12.3. The van der Waals surface area contributed by atoms with Gasteiger partial charge in [-0.3, -0.25) is 0 Å². The molecule has 1 aromatic rings. The molecule has 0 radical (unpaired) electrons. The van der Waals surface area contributed by atoms with E-state index in [4.69, 9.17) is 16.3 Å². The van der Waals surface area contributed by atoms with E-state index >= 15 is 0 Å². The summed E-state index contributed by atoms with van der Waals surface area (Å²) in [4.78, 5) is 0. The summed E-state index contributed by atoms with van der Waals surface area (Å²) in [6.45, 7) is 4.16. The van der Waals surface area contributed by atoms with Crippen LogP contribution in [0.3, 0.4) is 0 Å². The van der Waals surface area contributed by atoms with Crippen LogP contribution in [-0.4, -0.2) is 18.8 Å². The number of aliphatic hydroxyl groups excluding tert-OH is 1. The van der Waals surface area contributed by atoms with Crippen molar-refractivity contribution in [1.29, 1.82) is 0 Å². The molecule has 0 bridgehead atoms. The average molecular weight is 229 g/mol. The highest BCUT2D eigenvalue weighted by Crippen LogP contribution is 2.29. The molecule has 0 aliphatic carbocycles. The van der Waals surface area contributed by atoms with Gasteiger partial charge >= 0.3 is 0 Å². The molecule has 0 aliphatic rings. The Balaban J connectivity index is 2.97. The van der Waals surface area contributed by atoms with Crippen LogP contribution in [0, 0.1) is 5.41 Å². The van der Waals surface area contributed by atoms with Gasteiger partial charge in [0.1, 0.15) is 5.75 Å². The van der Waals surface area contributed by atoms with Gasteiger partial charge in [0.15, 0.2) is 0 Å². The van der Waals surface area contributed by atoms with E-state index in [0.717, 1.165) is 17.7 Å². The van der Waals surface area contributed by atoms with Crippen LogP contribution in [0.15, 0.2) is 18.2 Å². The molecule has 2 nitrogen and oxygen atoms in total. The van der Waals surface area contributed by atoms with E-state index in [2.05, 4.69) is 0 Å². The third kappa shape index (κ3) is 3.40. The second-order valence-corrected chi connectivity index (χ2v) is 4.89. The number of aliphatic hydroxyl groups is 1. The van der Waals surface area contributed by atoms with Gasteiger partial charge in [0.2, 0.25) is 0 Å². The largest absolute Gasteiger partial charge is 0.496 e. The van der Waals surface area contributed by atoms with Crippen LogP contribution in [0.2, 0.25) is 5.02 Å². The van der Waals surface area contributed by atoms with Gasteiger partial charge in [-0.05, 0) is 35.6 Å². The minimum atomic E-state index is -0.155. The molecule has 15 heavy (non-hydrogen) atoms. The Labute approximate surface area is 95.8 Å². The van der Waals surface area contributed by atoms with Crippen LogP contribution < -0.4 is 4.74 Å². The Morgan fingerprint density at radius 2 is 2.07 bits per heavy atom. The molecule has 0 spiro atoms. The van der Waals surface area contributed by atoms with E-state index in [1.165, 1.54) is 0 Å². The normalized spacial score (nSPS) is 11.5. The Kier molecular flexibility index (Phi) is 4.00. The van der Waals surface area contributed by atoms with Crippen LogP contribution in [0.4, 0.5) is 0 Å². The lowest BCUT2D eigenvalue weighted by Gasteiger charge is -2.22. The van der Waals surface area contributed by atoms with Gasteiger partial charge in [-0.25, -0.2) is 0 Å². The molecule has 3 heteroatoms. The minimum absolute atomic E-state index is 0.142. The van der Waals surface area contributed by atoms with Crippen molar-refractivity contribution < 1.29 is 9.84 Å². The first-order valence-corrected chi connectivity index (χ1v) is 5.29. The summed E-state index contributed by atoms with van der Waals surface area (Å²) >= 11 is 5.93. The molecular weight excluding hydrogens is 212 g/mol. The minimum Gasteiger partial charge on any atom is -0.496 e. The van der Waals surface area contributed by atoms with E-state index in [-0.39, 0.29) is 12.0 Å². The second-order valence-electron chi connectivity index (χ2n) is 4.46. The van der Waals surface area contributed by atoms with Crippen molar-refractivity contribution in [2.45, 2.75) is 20.3 Å². The number of hydrogen-bond donors (Lipinski definition) is 1. The molecule has 1 N–H and O–H groups in total. The van der Waals surface area contributed by atoms with E-state index in [9.17, 15) is 5.11 Å². The smallest absolute Gasteiger partial charge is 0.122 e. The molecule has 0 atom stereocenters. The summed E-state index contributed by atoms with van der Waals surface area (Å²) in [5, 5.41) is 9.91. The van der Waals surface area contributed by atoms with E-state index in [1.807, 2.05) is 26.0 Å². The van der Waals surface area contributed by atoms with E-state index in [1.54, 1.807) is 13.2 Å². The molecule has 0 fully saturated rings. The zero-order chi connectivity index (χ0) is 11.5. The summed E-state index contributed by atoms with van der Waals surface area (Å²) in [5.41, 5.74) is 0.877. The van der Waals surface area contributed by atoms with Crippen molar-refractivity contribution in [3.05, 3.63) is 28.8 Å². The molecular formula is C12H17ClO2. The van der Waals surface area contributed by atoms with Crippen molar-refractivity contribution in [3.8, 4) is 5.75 Å². The second kappa shape index (κ2) is 4.86. The first-order chi connectivity index (χ1) is 6.98. The molecule has 0 heterocycles. The summed E-state index contributed by atoms with van der Waals surface area (Å²) in [6.07, 6.45) is 0.743. The molecule has 0 amide bonds. The number of benzene rings is 1. The SMILES string of the molecule is COc1ccc(Cl)cc1CC(C)(C)CO. The molecule has 1 aromatic carbocycles. The third-order valence-electron chi connectivity index (χ3n) is 2.34. The number of ether oxygens (including phenoxy) is 1. The Morgan fingerprint density at radius 1 is 1.40 bits per heavy atom. The van der Waals surface area contributed by atoms with Gasteiger partial charge in [-0.15, -0.1) is 0 Å². The quantitative estimate of drug-likeness (QED) is 0.859. The summed E-state index contributed by atoms with van der Waals surface area (Å²) < 4.78 is 5.25. The fourth-order valence-corrected chi connectivity index (χ4v) is 1.65. The molecule has 0 saturated heterocycles. The molecule has 0 aliphatic heterocycles. The molecule has 0 saturated carbocycles. The van der Waals surface area contributed by atoms with Crippen LogP contribution in [-0.2, 0) is 6.42 Å². The Morgan fingerprint density at radius 3 is 2.60 bits per heavy atom. The highest BCUT2D eigenvalue weighted by atomic mass is 35.5. The lowest BCUT2D eigenvalue weighted by molar-refractivity contribution is 0.159. The van der Waals surface area contributed by atoms with Crippen molar-refractivity contribution in [1.82, 2.24) is 0 Å². The zero-order valence-corrected chi connectivity index (χ0v) is 10.1. The maximum Gasteiger partial charge on any atom is 0.122 e. The number of methoxy groups -OCH3 is 1.